The summed E-state index contributed by atoms with van der Waals surface area (Å²) < 4.78 is 12.5. The summed E-state index contributed by atoms with van der Waals surface area (Å²) in [5, 5.41) is 11.0. The van der Waals surface area contributed by atoms with E-state index in [1.54, 1.807) is 19.1 Å². The lowest BCUT2D eigenvalue weighted by Crippen LogP contribution is -2.06. The molecule has 0 bridgehead atoms. The van der Waals surface area contributed by atoms with Crippen molar-refractivity contribution in [1.82, 2.24) is 0 Å². The van der Waals surface area contributed by atoms with Gasteiger partial charge in [0.1, 0.15) is 5.75 Å². The van der Waals surface area contributed by atoms with Gasteiger partial charge < -0.3 is 9.47 Å². The topological polar surface area (TPSA) is 91.0 Å². The summed E-state index contributed by atoms with van der Waals surface area (Å²) in [4.78, 5) is 27.1. The second-order valence-electron chi connectivity index (χ2n) is 6.61. The normalized spacial score (nSPS) is 14.6. The van der Waals surface area contributed by atoms with Gasteiger partial charge in [-0.3, -0.25) is 10.1 Å². The number of aliphatic imine (C=N–C) groups is 1. The van der Waals surface area contributed by atoms with Gasteiger partial charge in [0.05, 0.1) is 20.5 Å². The van der Waals surface area contributed by atoms with E-state index < -0.39 is 10.9 Å². The fourth-order valence-corrected chi connectivity index (χ4v) is 4.25. The van der Waals surface area contributed by atoms with Gasteiger partial charge in [0, 0.05) is 17.2 Å². The summed E-state index contributed by atoms with van der Waals surface area (Å²) in [6.07, 6.45) is 3.60. The van der Waals surface area contributed by atoms with Crippen LogP contribution in [0.4, 0.5) is 5.69 Å². The second-order valence-corrected chi connectivity index (χ2v) is 8.32. The van der Waals surface area contributed by atoms with E-state index in [1.807, 2.05) is 12.1 Å². The van der Waals surface area contributed by atoms with Gasteiger partial charge >= 0.3 is 5.97 Å². The molecule has 9 heteroatoms. The minimum Gasteiger partial charge on any atom is -0.491 e. The molecule has 2 aromatic rings. The van der Waals surface area contributed by atoms with Crippen molar-refractivity contribution in [3.63, 3.8) is 0 Å². The zero-order chi connectivity index (χ0) is 21.8. The molecule has 156 valence electrons. The van der Waals surface area contributed by atoms with E-state index in [9.17, 15) is 14.9 Å². The van der Waals surface area contributed by atoms with E-state index in [-0.39, 0.29) is 17.3 Å². The third-order valence-corrected chi connectivity index (χ3v) is 5.51. The highest BCUT2D eigenvalue weighted by Gasteiger charge is 2.25. The number of benzene rings is 2. The molecule has 0 N–H and O–H groups in total. The molecule has 0 spiro atoms. The Morgan fingerprint density at radius 2 is 1.93 bits per heavy atom. The first kappa shape index (κ1) is 22.2. The summed E-state index contributed by atoms with van der Waals surface area (Å²) in [6.45, 7) is 4.33. The third-order valence-electron chi connectivity index (χ3n) is 4.33. The van der Waals surface area contributed by atoms with Crippen LogP contribution >= 0.6 is 31.9 Å². The van der Waals surface area contributed by atoms with Crippen molar-refractivity contribution in [2.24, 2.45) is 4.99 Å². The van der Waals surface area contributed by atoms with E-state index in [1.165, 1.54) is 12.1 Å². The van der Waals surface area contributed by atoms with Crippen LogP contribution in [0.15, 0.2) is 50.0 Å². The first-order chi connectivity index (χ1) is 14.3. The van der Waals surface area contributed by atoms with Crippen LogP contribution < -0.4 is 4.74 Å². The first-order valence-corrected chi connectivity index (χ1v) is 10.8. The zero-order valence-corrected chi connectivity index (χ0v) is 19.4. The van der Waals surface area contributed by atoms with Crippen LogP contribution in [0, 0.1) is 17.0 Å². The van der Waals surface area contributed by atoms with Gasteiger partial charge in [-0.05, 0) is 81.1 Å². The van der Waals surface area contributed by atoms with E-state index in [4.69, 9.17) is 9.47 Å². The Balaban J connectivity index is 1.87. The number of nitro groups is 1. The highest BCUT2D eigenvalue weighted by atomic mass is 79.9. The predicted octanol–water partition coefficient (Wildman–Crippen LogP) is 5.95. The molecule has 1 aliphatic heterocycles. The Labute approximate surface area is 190 Å². The first-order valence-electron chi connectivity index (χ1n) is 9.20. The van der Waals surface area contributed by atoms with Gasteiger partial charge in [0.2, 0.25) is 5.90 Å². The van der Waals surface area contributed by atoms with Gasteiger partial charge in [0.25, 0.3) is 5.69 Å². The molecule has 0 unspecified atom stereocenters. The number of hydrogen-bond donors (Lipinski definition) is 0. The summed E-state index contributed by atoms with van der Waals surface area (Å²) >= 11 is 7.00. The molecule has 0 saturated carbocycles. The summed E-state index contributed by atoms with van der Waals surface area (Å²) in [5.74, 6) is 0.226. The lowest BCUT2D eigenvalue weighted by Gasteiger charge is -2.11. The van der Waals surface area contributed by atoms with Crippen LogP contribution in [-0.4, -0.2) is 23.4 Å². The molecule has 0 amide bonds. The zero-order valence-electron chi connectivity index (χ0n) is 16.3. The number of nitrogens with zero attached hydrogens (tertiary/aromatic N) is 2. The van der Waals surface area contributed by atoms with Crippen molar-refractivity contribution < 1.29 is 19.2 Å². The Morgan fingerprint density at radius 1 is 1.23 bits per heavy atom. The lowest BCUT2D eigenvalue weighted by molar-refractivity contribution is -0.385. The van der Waals surface area contributed by atoms with Gasteiger partial charge in [-0.2, -0.15) is 0 Å². The van der Waals surface area contributed by atoms with Crippen LogP contribution in [0.1, 0.15) is 36.5 Å². The Kier molecular flexibility index (Phi) is 7.04. The maximum absolute atomic E-state index is 12.3. The highest BCUT2D eigenvalue weighted by Crippen LogP contribution is 2.36. The quantitative estimate of drug-likeness (QED) is 0.143. The van der Waals surface area contributed by atoms with E-state index in [0.29, 0.717) is 23.5 Å². The number of unbranched alkanes of at least 4 members (excludes halogenated alkanes) is 1. The maximum atomic E-state index is 12.3. The average Bonchev–Trinajstić information content (AvgIpc) is 3.04. The fraction of sp³-hybridized carbons (Fsp3) is 0.238. The number of nitro benzene ring substituents is 1. The lowest BCUT2D eigenvalue weighted by atomic mass is 10.1. The molecule has 0 aromatic heterocycles. The number of cyclic esters (lactones) is 1. The summed E-state index contributed by atoms with van der Waals surface area (Å²) in [6, 6.07) is 8.11. The smallest absolute Gasteiger partial charge is 0.363 e. The van der Waals surface area contributed by atoms with Crippen LogP contribution in [-0.2, 0) is 9.53 Å². The molecule has 30 heavy (non-hydrogen) atoms. The SMILES string of the molecule is CCCCOc1c(Br)cc(/C=C2\N=C(c3ccc([N+](=O)[O-])c(C)c3)OC2=O)cc1Br. The Bertz CT molecular complexity index is 1060. The van der Waals surface area contributed by atoms with Crippen LogP contribution in [0.3, 0.4) is 0 Å². The average molecular weight is 538 g/mol. The molecule has 1 aliphatic rings. The number of carbonyl (C=O) groups is 1. The minimum absolute atomic E-state index is 0.00427. The molecule has 0 aliphatic carbocycles. The molecule has 7 nitrogen and oxygen atoms in total. The van der Waals surface area contributed by atoms with E-state index >= 15 is 0 Å². The third kappa shape index (κ3) is 4.96. The molecular weight excluding hydrogens is 520 g/mol. The predicted molar refractivity (Wildman–Crippen MR) is 121 cm³/mol. The minimum atomic E-state index is -0.587. The summed E-state index contributed by atoms with van der Waals surface area (Å²) in [5.41, 5.74) is 1.82. The standard InChI is InChI=1S/C21H18Br2N2O5/c1-3-4-7-29-19-15(22)9-13(10-16(19)23)11-17-21(26)30-20(24-17)14-5-6-18(25(27)28)12(2)8-14/h5-6,8-11H,3-4,7H2,1-2H3/b17-11-. The van der Waals surface area contributed by atoms with Gasteiger partial charge in [-0.25, -0.2) is 9.79 Å². The van der Waals surface area contributed by atoms with Gasteiger partial charge in [-0.1, -0.05) is 13.3 Å². The molecule has 0 saturated heterocycles. The molecule has 3 rings (SSSR count). The van der Waals surface area contributed by atoms with Gasteiger partial charge in [0.15, 0.2) is 5.70 Å². The van der Waals surface area contributed by atoms with Crippen molar-refractivity contribution in [3.05, 3.63) is 71.8 Å². The molecule has 0 radical (unpaired) electrons. The largest absolute Gasteiger partial charge is 0.491 e. The van der Waals surface area contributed by atoms with Crippen molar-refractivity contribution >= 4 is 55.5 Å². The number of hydrogen-bond acceptors (Lipinski definition) is 6. The second kappa shape index (κ2) is 9.53. The van der Waals surface area contributed by atoms with Crippen molar-refractivity contribution in [1.29, 1.82) is 0 Å². The maximum Gasteiger partial charge on any atom is 0.363 e. The van der Waals surface area contributed by atoms with Crippen molar-refractivity contribution in [2.75, 3.05) is 6.61 Å². The molecule has 0 fully saturated rings. The van der Waals surface area contributed by atoms with Crippen molar-refractivity contribution in [3.8, 4) is 5.75 Å². The Morgan fingerprint density at radius 3 is 2.53 bits per heavy atom. The number of halogens is 2. The van der Waals surface area contributed by atoms with Crippen LogP contribution in [0.5, 0.6) is 5.75 Å². The van der Waals surface area contributed by atoms with Crippen LogP contribution in [0.2, 0.25) is 0 Å². The molecule has 1 heterocycles. The number of esters is 1. The van der Waals surface area contributed by atoms with E-state index in [2.05, 4.69) is 43.8 Å². The number of carbonyl (C=O) groups excluding carboxylic acids is 1. The van der Waals surface area contributed by atoms with Gasteiger partial charge in [-0.15, -0.1) is 0 Å². The Hall–Kier alpha value is -2.52. The molecular formula is C21H18Br2N2O5. The fourth-order valence-electron chi connectivity index (χ4n) is 2.80. The number of rotatable bonds is 7. The monoisotopic (exact) mass is 536 g/mol. The number of aryl methyl sites for hydroxylation is 1. The summed E-state index contributed by atoms with van der Waals surface area (Å²) in [7, 11) is 0. The number of ether oxygens (including phenoxy) is 2. The molecule has 0 atom stereocenters. The molecule has 2 aromatic carbocycles. The van der Waals surface area contributed by atoms with Crippen molar-refractivity contribution in [2.45, 2.75) is 26.7 Å². The van der Waals surface area contributed by atoms with Crippen LogP contribution in [0.25, 0.3) is 6.08 Å². The highest BCUT2D eigenvalue weighted by molar-refractivity contribution is 9.11. The van der Waals surface area contributed by atoms with E-state index in [0.717, 1.165) is 27.4 Å².